The standard InChI is InChI=1S/C38H15F4N3O6S2/c39-16-6-20-22(32(46)34(48)28(20)26(41)8-16)10-18-12-24-30-31(44-45(43-30)38(50)51-14-15-4-2-1-3-5-15)25-13-19(53-37(25)36(24)52-18)11-23-21-7-17(40)9-27(42)29(21)35(49)33(23)47/h1-13H,14H2/b22-10-,23-11-. The van der Waals surface area contributed by atoms with E-state index in [4.69, 9.17) is 4.74 Å². The van der Waals surface area contributed by atoms with E-state index in [2.05, 4.69) is 10.2 Å². The number of Topliss-reactive ketones (excluding diaryl/α,β-unsaturated/α-hetero) is 4. The first-order valence-electron chi connectivity index (χ1n) is 15.5. The average molecular weight is 750 g/mol. The number of hydrogen-bond acceptors (Lipinski definition) is 10. The van der Waals surface area contributed by atoms with Crippen LogP contribution in [0.2, 0.25) is 0 Å². The van der Waals surface area contributed by atoms with Crippen molar-refractivity contribution in [2.45, 2.75) is 6.61 Å². The number of ether oxygens (including phenoxy) is 1. The molecule has 9 nitrogen and oxygen atoms in total. The van der Waals surface area contributed by atoms with Crippen molar-refractivity contribution < 1.29 is 46.3 Å². The molecule has 0 atom stereocenters. The van der Waals surface area contributed by atoms with Gasteiger partial charge >= 0.3 is 6.09 Å². The molecule has 4 aromatic carbocycles. The quantitative estimate of drug-likeness (QED) is 0.100. The van der Waals surface area contributed by atoms with Crippen LogP contribution in [0.25, 0.3) is 54.5 Å². The molecule has 0 unspecified atom stereocenters. The average Bonchev–Trinajstić information content (AvgIpc) is 3.93. The summed E-state index contributed by atoms with van der Waals surface area (Å²) >= 11 is 2.28. The number of carbonyl (C=O) groups is 5. The first-order chi connectivity index (χ1) is 25.5. The zero-order valence-electron chi connectivity index (χ0n) is 26.3. The summed E-state index contributed by atoms with van der Waals surface area (Å²) in [4.78, 5) is 66.0. The van der Waals surface area contributed by atoms with Crippen LogP contribution in [0.1, 0.15) is 47.2 Å². The van der Waals surface area contributed by atoms with Crippen LogP contribution in [0.4, 0.5) is 22.4 Å². The fourth-order valence-corrected chi connectivity index (χ4v) is 8.87. The number of ketones is 4. The predicted octanol–water partition coefficient (Wildman–Crippen LogP) is 8.21. The molecule has 53 heavy (non-hydrogen) atoms. The highest BCUT2D eigenvalue weighted by molar-refractivity contribution is 7.28. The number of aromatic nitrogens is 3. The van der Waals surface area contributed by atoms with E-state index in [0.29, 0.717) is 42.1 Å². The van der Waals surface area contributed by atoms with Gasteiger partial charge in [0.15, 0.2) is 0 Å². The summed E-state index contributed by atoms with van der Waals surface area (Å²) in [6, 6.07) is 15.0. The van der Waals surface area contributed by atoms with Gasteiger partial charge in [0.25, 0.3) is 0 Å². The number of thiophene rings is 2. The Labute approximate surface area is 301 Å². The first kappa shape index (κ1) is 32.5. The third kappa shape index (κ3) is 5.07. The molecule has 0 radical (unpaired) electrons. The Bertz CT molecular complexity index is 2770. The molecule has 9 rings (SSSR count). The minimum absolute atomic E-state index is 0.0699. The molecule has 3 heterocycles. The number of carbonyl (C=O) groups excluding carboxylic acids is 5. The van der Waals surface area contributed by atoms with Crippen molar-refractivity contribution in [2.24, 2.45) is 0 Å². The Morgan fingerprint density at radius 1 is 0.660 bits per heavy atom. The Hall–Kier alpha value is -6.45. The highest BCUT2D eigenvalue weighted by Crippen LogP contribution is 2.45. The molecule has 0 aliphatic heterocycles. The molecule has 0 saturated carbocycles. The van der Waals surface area contributed by atoms with Gasteiger partial charge in [-0.05, 0) is 42.0 Å². The van der Waals surface area contributed by atoms with E-state index in [1.54, 1.807) is 36.4 Å². The smallest absolute Gasteiger partial charge is 0.442 e. The van der Waals surface area contributed by atoms with Gasteiger partial charge in [0.05, 0.1) is 20.5 Å². The third-order valence-corrected chi connectivity index (χ3v) is 11.1. The highest BCUT2D eigenvalue weighted by atomic mass is 32.1. The maximum atomic E-state index is 14.6. The van der Waals surface area contributed by atoms with Crippen molar-refractivity contribution in [1.82, 2.24) is 15.0 Å². The van der Waals surface area contributed by atoms with Gasteiger partial charge < -0.3 is 4.74 Å². The topological polar surface area (TPSA) is 125 Å². The van der Waals surface area contributed by atoms with Gasteiger partial charge in [-0.2, -0.15) is 0 Å². The molecule has 15 heteroatoms. The van der Waals surface area contributed by atoms with Crippen LogP contribution < -0.4 is 0 Å². The van der Waals surface area contributed by atoms with Gasteiger partial charge in [-0.15, -0.1) is 32.9 Å². The Morgan fingerprint density at radius 2 is 1.13 bits per heavy atom. The van der Waals surface area contributed by atoms with E-state index in [-0.39, 0.29) is 39.9 Å². The van der Waals surface area contributed by atoms with E-state index >= 15 is 0 Å². The summed E-state index contributed by atoms with van der Waals surface area (Å²) in [7, 11) is 0. The van der Waals surface area contributed by atoms with Crippen molar-refractivity contribution >= 4 is 106 Å². The zero-order valence-corrected chi connectivity index (χ0v) is 28.0. The van der Waals surface area contributed by atoms with Gasteiger partial charge in [-0.3, -0.25) is 19.2 Å². The largest absolute Gasteiger partial charge is 0.452 e. The SMILES string of the molecule is O=C1C(=O)c2c(F)cc(F)cc2/C1=C/c1cc2c3nn(C(=O)OCc4ccccc4)nc3c3cc(/C=C4\C(=O)C(=O)c5c(F)cc(F)cc54)sc3c2s1. The van der Waals surface area contributed by atoms with Crippen LogP contribution >= 0.6 is 22.7 Å². The molecule has 2 aliphatic carbocycles. The molecule has 0 bridgehead atoms. The van der Waals surface area contributed by atoms with E-state index in [1.165, 1.54) is 12.2 Å². The molecule has 0 N–H and O–H groups in total. The second-order valence-electron chi connectivity index (χ2n) is 12.1. The van der Waals surface area contributed by atoms with Crippen molar-refractivity contribution in [3.05, 3.63) is 128 Å². The summed E-state index contributed by atoms with van der Waals surface area (Å²) in [6.45, 7) is -0.0699. The fraction of sp³-hybridized carbons (Fsp3) is 0.0263. The molecular formula is C38H15F4N3O6S2. The highest BCUT2D eigenvalue weighted by Gasteiger charge is 2.38. The summed E-state index contributed by atoms with van der Waals surface area (Å²) in [5.41, 5.74) is -0.673. The molecule has 0 saturated heterocycles. The van der Waals surface area contributed by atoms with E-state index in [9.17, 15) is 41.5 Å². The lowest BCUT2D eigenvalue weighted by molar-refractivity contribution is -0.110. The van der Waals surface area contributed by atoms with Crippen molar-refractivity contribution in [2.75, 3.05) is 0 Å². The van der Waals surface area contributed by atoms with Crippen LogP contribution in [-0.4, -0.2) is 44.2 Å². The van der Waals surface area contributed by atoms with Gasteiger partial charge in [-0.25, -0.2) is 22.4 Å². The van der Waals surface area contributed by atoms with E-state index in [1.807, 2.05) is 6.07 Å². The number of fused-ring (bicyclic) bond motifs is 8. The molecule has 3 aromatic heterocycles. The minimum Gasteiger partial charge on any atom is -0.442 e. The van der Waals surface area contributed by atoms with Crippen LogP contribution in [0, 0.1) is 23.3 Å². The molecule has 0 fully saturated rings. The Kier molecular flexibility index (Phi) is 7.22. The molecule has 0 spiro atoms. The van der Waals surface area contributed by atoms with E-state index < -0.39 is 63.6 Å². The summed E-state index contributed by atoms with van der Waals surface area (Å²) in [6.07, 6.45) is 1.78. The molecule has 258 valence electrons. The third-order valence-electron chi connectivity index (χ3n) is 8.82. The van der Waals surface area contributed by atoms with Gasteiger partial charge in [-0.1, -0.05) is 35.1 Å². The van der Waals surface area contributed by atoms with Crippen LogP contribution in [-0.2, 0) is 20.9 Å². The molecular weight excluding hydrogens is 735 g/mol. The van der Waals surface area contributed by atoms with Crippen LogP contribution in [0.15, 0.2) is 66.7 Å². The maximum absolute atomic E-state index is 14.6. The number of halogens is 4. The molecule has 7 aromatic rings. The van der Waals surface area contributed by atoms with Crippen molar-refractivity contribution in [3.8, 4) is 0 Å². The van der Waals surface area contributed by atoms with Gasteiger partial charge in [0.2, 0.25) is 23.1 Å². The normalized spacial score (nSPS) is 15.5. The number of benzene rings is 4. The second-order valence-corrected chi connectivity index (χ2v) is 14.2. The van der Waals surface area contributed by atoms with Crippen molar-refractivity contribution in [1.29, 1.82) is 0 Å². The van der Waals surface area contributed by atoms with Gasteiger partial charge in [0.1, 0.15) is 40.9 Å². The monoisotopic (exact) mass is 749 g/mol. The summed E-state index contributed by atoms with van der Waals surface area (Å²) in [5, 5.41) is 9.75. The number of nitrogens with zero attached hydrogens (tertiary/aromatic N) is 3. The van der Waals surface area contributed by atoms with E-state index in [0.717, 1.165) is 45.2 Å². The van der Waals surface area contributed by atoms with Crippen LogP contribution in [0.5, 0.6) is 0 Å². The predicted molar refractivity (Wildman–Crippen MR) is 187 cm³/mol. The summed E-state index contributed by atoms with van der Waals surface area (Å²) < 4.78 is 64.1. The van der Waals surface area contributed by atoms with Crippen molar-refractivity contribution in [3.63, 3.8) is 0 Å². The second kappa shape index (κ2) is 11.8. The number of allylic oxidation sites excluding steroid dienone is 2. The maximum Gasteiger partial charge on any atom is 0.452 e. The number of rotatable bonds is 4. The first-order valence-corrected chi connectivity index (χ1v) is 17.2. The lowest BCUT2D eigenvalue weighted by Crippen LogP contribution is -2.16. The summed E-state index contributed by atoms with van der Waals surface area (Å²) in [5.74, 6) is -8.51. The Balaban J connectivity index is 1.23. The lowest BCUT2D eigenvalue weighted by Gasteiger charge is -2.02. The van der Waals surface area contributed by atoms with Gasteiger partial charge in [0, 0.05) is 54.9 Å². The fourth-order valence-electron chi connectivity index (χ4n) is 6.50. The lowest BCUT2D eigenvalue weighted by atomic mass is 10.1. The zero-order chi connectivity index (χ0) is 36.9. The molecule has 0 amide bonds. The minimum atomic E-state index is -1.16. The van der Waals surface area contributed by atoms with Crippen LogP contribution in [0.3, 0.4) is 0 Å². The Morgan fingerprint density at radius 3 is 1.60 bits per heavy atom. The molecule has 2 aliphatic rings. The number of hydrogen-bond donors (Lipinski definition) is 0.